The summed E-state index contributed by atoms with van der Waals surface area (Å²) < 4.78 is 29.2. The van der Waals surface area contributed by atoms with Crippen LogP contribution in [0.3, 0.4) is 0 Å². The van der Waals surface area contributed by atoms with Gasteiger partial charge in [-0.25, -0.2) is 8.42 Å². The Bertz CT molecular complexity index is 1420. The van der Waals surface area contributed by atoms with Crippen molar-refractivity contribution in [3.63, 3.8) is 0 Å². The van der Waals surface area contributed by atoms with Gasteiger partial charge in [-0.05, 0) is 65.9 Å². The Kier molecular flexibility index (Phi) is 8.23. The highest BCUT2D eigenvalue weighted by molar-refractivity contribution is 7.90. The number of nitrogens with zero attached hydrogens (tertiary/aromatic N) is 3. The Labute approximate surface area is 229 Å². The van der Waals surface area contributed by atoms with Gasteiger partial charge in [0.1, 0.15) is 11.8 Å². The number of carbonyl (C=O) groups is 1. The second-order valence-corrected chi connectivity index (χ2v) is 12.3. The van der Waals surface area contributed by atoms with Crippen LogP contribution in [0.1, 0.15) is 31.2 Å². The van der Waals surface area contributed by atoms with Crippen LogP contribution in [0.5, 0.6) is 0 Å². The molecule has 2 aromatic carbocycles. The molecule has 3 aromatic rings. The van der Waals surface area contributed by atoms with Crippen molar-refractivity contribution in [2.75, 3.05) is 5.01 Å². The number of benzene rings is 2. The number of amides is 1. The molecule has 0 bridgehead atoms. The van der Waals surface area contributed by atoms with E-state index < -0.39 is 22.0 Å². The van der Waals surface area contributed by atoms with Crippen LogP contribution in [0.25, 0.3) is 0 Å². The van der Waals surface area contributed by atoms with E-state index in [0.717, 1.165) is 10.6 Å². The molecule has 0 aliphatic carbocycles. The Morgan fingerprint density at radius 3 is 2.27 bits per heavy atom. The number of anilines is 1. The smallest absolute Gasteiger partial charge is 0.263 e. The predicted molar refractivity (Wildman–Crippen MR) is 150 cm³/mol. The average Bonchev–Trinajstić information content (AvgIpc) is 3.52. The molecule has 1 amide bonds. The van der Waals surface area contributed by atoms with Gasteiger partial charge in [0, 0.05) is 21.3 Å². The highest BCUT2D eigenvalue weighted by atomic mass is 35.5. The second kappa shape index (κ2) is 11.2. The fraction of sp³-hybridized carbons (Fsp3) is 0.240. The minimum Gasteiger partial charge on any atom is -0.368 e. The maximum Gasteiger partial charge on any atom is 0.263 e. The molecule has 1 aliphatic heterocycles. The van der Waals surface area contributed by atoms with Crippen LogP contribution in [0.4, 0.5) is 5.69 Å². The molecular formula is C25H25Cl2N5O3S2. The molecule has 194 valence electrons. The normalized spacial score (nSPS) is 17.1. The molecule has 0 unspecified atom stereocenters. The number of hydrogen-bond donors (Lipinski definition) is 2. The van der Waals surface area contributed by atoms with Crippen molar-refractivity contribution in [1.29, 1.82) is 0 Å². The Balaban J connectivity index is 1.80. The summed E-state index contributed by atoms with van der Waals surface area (Å²) >= 11 is 13.6. The molecule has 0 saturated heterocycles. The van der Waals surface area contributed by atoms with Crippen LogP contribution in [0, 0.1) is 5.92 Å². The topological polar surface area (TPSA) is 117 Å². The quantitative estimate of drug-likeness (QED) is 0.281. The van der Waals surface area contributed by atoms with Gasteiger partial charge in [0.25, 0.3) is 10.0 Å². The third-order valence-electron chi connectivity index (χ3n) is 5.69. The summed E-state index contributed by atoms with van der Waals surface area (Å²) in [5.74, 6) is -0.971. The lowest BCUT2D eigenvalue weighted by Gasteiger charge is -2.22. The number of nitrogens with one attached hydrogen (secondary N) is 1. The van der Waals surface area contributed by atoms with Crippen LogP contribution < -0.4 is 15.5 Å². The number of carbonyl (C=O) groups excluding carboxylic acids is 1. The number of halogens is 2. The molecular weight excluding hydrogens is 553 g/mol. The van der Waals surface area contributed by atoms with Gasteiger partial charge in [-0.2, -0.15) is 5.10 Å². The van der Waals surface area contributed by atoms with Crippen molar-refractivity contribution < 1.29 is 13.2 Å². The molecule has 4 rings (SSSR count). The number of amidine groups is 1. The standard InChI is InChI=1S/C25H25Cl2N5O3S2/c1-15(2)23(24(28)33)29-25(31-37(34,35)19-11-7-17(27)8-12-19)20-14-21(22-4-3-13-36-22)32(30-20)18-9-5-16(26)6-10-18/h3-13,15,21,23H,14H2,1-2H3,(H2,28,33)(H,29,31)/t21-,23+/m1/s1. The Morgan fingerprint density at radius 2 is 1.73 bits per heavy atom. The molecule has 12 heteroatoms. The number of aliphatic imine (C=N–C) groups is 1. The molecule has 2 heterocycles. The number of sulfonamides is 1. The lowest BCUT2D eigenvalue weighted by molar-refractivity contribution is -0.120. The van der Waals surface area contributed by atoms with E-state index in [1.54, 1.807) is 42.3 Å². The number of hydrogen-bond acceptors (Lipinski definition) is 7. The van der Waals surface area contributed by atoms with Gasteiger partial charge in [0.2, 0.25) is 5.91 Å². The molecule has 3 N–H and O–H groups in total. The minimum absolute atomic E-state index is 0.00673. The van der Waals surface area contributed by atoms with Gasteiger partial charge in [0.05, 0.1) is 16.6 Å². The highest BCUT2D eigenvalue weighted by Crippen LogP contribution is 2.38. The first-order chi connectivity index (χ1) is 17.5. The van der Waals surface area contributed by atoms with E-state index in [2.05, 4.69) is 9.71 Å². The Morgan fingerprint density at radius 1 is 1.11 bits per heavy atom. The summed E-state index contributed by atoms with van der Waals surface area (Å²) in [5.41, 5.74) is 6.76. The SMILES string of the molecule is CC(C)[C@H](N=C(NS(=O)(=O)c1ccc(Cl)cc1)C1=NN(c2ccc(Cl)cc2)[C@@H](c2cccs2)C1)C(N)=O. The fourth-order valence-electron chi connectivity index (χ4n) is 3.83. The first-order valence-corrected chi connectivity index (χ1v) is 14.5. The van der Waals surface area contributed by atoms with E-state index in [0.29, 0.717) is 22.2 Å². The van der Waals surface area contributed by atoms with Crippen molar-refractivity contribution in [3.05, 3.63) is 81.0 Å². The van der Waals surface area contributed by atoms with E-state index in [4.69, 9.17) is 34.0 Å². The highest BCUT2D eigenvalue weighted by Gasteiger charge is 2.34. The van der Waals surface area contributed by atoms with Crippen molar-refractivity contribution >= 4 is 67.7 Å². The zero-order chi connectivity index (χ0) is 26.7. The summed E-state index contributed by atoms with van der Waals surface area (Å²) in [6.07, 6.45) is 0.342. The lowest BCUT2D eigenvalue weighted by atomic mass is 10.0. The van der Waals surface area contributed by atoms with E-state index in [9.17, 15) is 13.2 Å². The number of thiophene rings is 1. The minimum atomic E-state index is -4.08. The molecule has 0 radical (unpaired) electrons. The fourth-order valence-corrected chi connectivity index (χ4v) is 5.93. The van der Waals surface area contributed by atoms with E-state index >= 15 is 0 Å². The third kappa shape index (κ3) is 6.32. The summed E-state index contributed by atoms with van der Waals surface area (Å²) in [5, 5.41) is 9.53. The van der Waals surface area contributed by atoms with Gasteiger partial charge in [0.15, 0.2) is 5.84 Å². The molecule has 37 heavy (non-hydrogen) atoms. The summed E-state index contributed by atoms with van der Waals surface area (Å²) in [6.45, 7) is 3.57. The molecule has 2 atom stereocenters. The number of nitrogens with two attached hydrogens (primary N) is 1. The van der Waals surface area contributed by atoms with E-state index in [1.165, 1.54) is 24.3 Å². The Hall–Kier alpha value is -2.92. The molecule has 0 saturated carbocycles. The van der Waals surface area contributed by atoms with E-state index in [-0.39, 0.29) is 22.7 Å². The molecule has 0 spiro atoms. The predicted octanol–water partition coefficient (Wildman–Crippen LogP) is 5.25. The van der Waals surface area contributed by atoms with Crippen LogP contribution in [-0.2, 0) is 14.8 Å². The largest absolute Gasteiger partial charge is 0.368 e. The van der Waals surface area contributed by atoms with Crippen LogP contribution in [0.15, 0.2) is 81.0 Å². The van der Waals surface area contributed by atoms with Gasteiger partial charge < -0.3 is 5.73 Å². The number of hydrazone groups is 1. The molecule has 8 nitrogen and oxygen atoms in total. The number of primary amides is 1. The van der Waals surface area contributed by atoms with Crippen molar-refractivity contribution in [3.8, 4) is 0 Å². The zero-order valence-corrected chi connectivity index (χ0v) is 23.2. The third-order valence-corrected chi connectivity index (χ3v) is 8.52. The van der Waals surface area contributed by atoms with Crippen LogP contribution in [-0.4, -0.2) is 31.9 Å². The van der Waals surface area contributed by atoms with Crippen LogP contribution in [0.2, 0.25) is 10.0 Å². The van der Waals surface area contributed by atoms with Gasteiger partial charge in [-0.15, -0.1) is 11.3 Å². The van der Waals surface area contributed by atoms with Crippen molar-refractivity contribution in [1.82, 2.24) is 4.72 Å². The molecule has 0 fully saturated rings. The first kappa shape index (κ1) is 27.1. The van der Waals surface area contributed by atoms with Gasteiger partial charge in [-0.3, -0.25) is 19.5 Å². The van der Waals surface area contributed by atoms with Gasteiger partial charge >= 0.3 is 0 Å². The average molecular weight is 579 g/mol. The maximum atomic E-state index is 13.3. The summed E-state index contributed by atoms with van der Waals surface area (Å²) in [4.78, 5) is 17.7. The van der Waals surface area contributed by atoms with Crippen molar-refractivity contribution in [2.24, 2.45) is 21.7 Å². The summed E-state index contributed by atoms with van der Waals surface area (Å²) in [6, 6.07) is 15.7. The monoisotopic (exact) mass is 577 g/mol. The lowest BCUT2D eigenvalue weighted by Crippen LogP contribution is -2.40. The molecule has 1 aliphatic rings. The second-order valence-electron chi connectivity index (χ2n) is 8.73. The van der Waals surface area contributed by atoms with Crippen LogP contribution >= 0.6 is 34.5 Å². The summed E-state index contributed by atoms with van der Waals surface area (Å²) in [7, 11) is -4.08. The van der Waals surface area contributed by atoms with Crippen molar-refractivity contribution in [2.45, 2.75) is 37.2 Å². The number of rotatable bonds is 8. The first-order valence-electron chi connectivity index (χ1n) is 11.4. The van der Waals surface area contributed by atoms with Gasteiger partial charge in [-0.1, -0.05) is 43.1 Å². The molecule has 1 aromatic heterocycles. The van der Waals surface area contributed by atoms with E-state index in [1.807, 2.05) is 29.6 Å². The zero-order valence-electron chi connectivity index (χ0n) is 20.0. The maximum absolute atomic E-state index is 13.3.